The molecule has 3 rings (SSSR count). The van der Waals surface area contributed by atoms with Crippen molar-refractivity contribution in [3.63, 3.8) is 0 Å². The van der Waals surface area contributed by atoms with Crippen molar-refractivity contribution in [2.45, 2.75) is 58.6 Å². The molecule has 0 amide bonds. The van der Waals surface area contributed by atoms with E-state index in [9.17, 15) is 0 Å². The van der Waals surface area contributed by atoms with E-state index in [0.717, 1.165) is 48.6 Å². The second kappa shape index (κ2) is 10.4. The fraction of sp³-hybridized carbons (Fsp3) is 0.480. The molecule has 5 heteroatoms. The van der Waals surface area contributed by atoms with E-state index < -0.39 is 0 Å². The monoisotopic (exact) mass is 425 g/mol. The predicted molar refractivity (Wildman–Crippen MR) is 131 cm³/mol. The molecule has 2 aromatic carbocycles. The minimum Gasteiger partial charge on any atom is -0.385 e. The normalized spacial score (nSPS) is 14.6. The molecule has 1 aromatic heterocycles. The molecule has 0 saturated carbocycles. The van der Waals surface area contributed by atoms with Crippen LogP contribution in [0.5, 0.6) is 0 Å². The molecular weight excluding hydrogens is 390 g/mol. The lowest BCUT2D eigenvalue weighted by Gasteiger charge is -2.29. The number of ether oxygens (including phenoxy) is 1. The maximum Gasteiger partial charge on any atom is 0.124 e. The first-order valence-corrected chi connectivity index (χ1v) is 11.8. The Morgan fingerprint density at radius 1 is 1.17 bits per heavy atom. The summed E-state index contributed by atoms with van der Waals surface area (Å²) < 4.78 is 7.46. The highest BCUT2D eigenvalue weighted by Gasteiger charge is 2.22. The number of rotatable bonds is 11. The van der Waals surface area contributed by atoms with E-state index >= 15 is 0 Å². The van der Waals surface area contributed by atoms with Crippen molar-refractivity contribution in [3.05, 3.63) is 48.0 Å². The first-order valence-electron chi connectivity index (χ1n) is 10.9. The maximum atomic E-state index is 6.22. The highest BCUT2D eigenvalue weighted by atomic mass is 32.1. The quantitative estimate of drug-likeness (QED) is 0.381. The zero-order valence-electron chi connectivity index (χ0n) is 18.9. The lowest BCUT2D eigenvalue weighted by molar-refractivity contribution is -0.0407. The van der Waals surface area contributed by atoms with Gasteiger partial charge in [0.25, 0.3) is 0 Å². The van der Waals surface area contributed by atoms with Crippen LogP contribution in [0.1, 0.15) is 45.6 Å². The van der Waals surface area contributed by atoms with E-state index in [0.29, 0.717) is 6.04 Å². The fourth-order valence-electron chi connectivity index (χ4n) is 3.33. The Balaban J connectivity index is 1.53. The molecule has 0 radical (unpaired) electrons. The van der Waals surface area contributed by atoms with Gasteiger partial charge >= 0.3 is 0 Å². The van der Waals surface area contributed by atoms with Gasteiger partial charge < -0.3 is 15.4 Å². The third-order valence-electron chi connectivity index (χ3n) is 5.90. The summed E-state index contributed by atoms with van der Waals surface area (Å²) in [5, 5.41) is 7.89. The lowest BCUT2D eigenvalue weighted by atomic mass is 9.98. The number of aryl methyl sites for hydroxylation is 1. The van der Waals surface area contributed by atoms with Gasteiger partial charge in [-0.15, -0.1) is 11.3 Å². The molecule has 3 aromatic rings. The standard InChI is InChI=1S/C25H35N3OS/c1-6-25(4,29-16-13-19(3)26-5)14-15-27-21-10-8-20(9-11-21)24-28-22-12-7-18(2)17-23(22)30-24/h7-12,17,19,26-27H,6,13-16H2,1-5H3. The van der Waals surface area contributed by atoms with Gasteiger partial charge in [-0.2, -0.15) is 0 Å². The van der Waals surface area contributed by atoms with Crippen LogP contribution >= 0.6 is 11.3 Å². The molecule has 0 bridgehead atoms. The molecule has 0 aliphatic heterocycles. The Morgan fingerprint density at radius 3 is 2.63 bits per heavy atom. The van der Waals surface area contributed by atoms with Crippen LogP contribution in [0.4, 0.5) is 5.69 Å². The largest absolute Gasteiger partial charge is 0.385 e. The predicted octanol–water partition coefficient (Wildman–Crippen LogP) is 6.26. The average Bonchev–Trinajstić information content (AvgIpc) is 3.17. The zero-order valence-corrected chi connectivity index (χ0v) is 19.7. The van der Waals surface area contributed by atoms with Crippen LogP contribution in [0.25, 0.3) is 20.8 Å². The number of hydrogen-bond donors (Lipinski definition) is 2. The average molecular weight is 426 g/mol. The summed E-state index contributed by atoms with van der Waals surface area (Å²) >= 11 is 1.75. The maximum absolute atomic E-state index is 6.22. The van der Waals surface area contributed by atoms with Crippen molar-refractivity contribution >= 4 is 27.2 Å². The first-order chi connectivity index (χ1) is 14.4. The summed E-state index contributed by atoms with van der Waals surface area (Å²) in [7, 11) is 2.00. The zero-order chi connectivity index (χ0) is 21.6. The Hall–Kier alpha value is -1.95. The van der Waals surface area contributed by atoms with E-state index in [1.807, 2.05) is 7.05 Å². The van der Waals surface area contributed by atoms with Crippen molar-refractivity contribution in [2.24, 2.45) is 0 Å². The molecule has 1 heterocycles. The Bertz CT molecular complexity index is 937. The molecule has 30 heavy (non-hydrogen) atoms. The SMILES string of the molecule is CCC(C)(CCNc1ccc(-c2nc3ccc(C)cc3s2)cc1)OCCC(C)NC. The van der Waals surface area contributed by atoms with Gasteiger partial charge in [-0.05, 0) is 89.0 Å². The number of benzene rings is 2. The van der Waals surface area contributed by atoms with Crippen LogP contribution in [-0.4, -0.2) is 36.8 Å². The summed E-state index contributed by atoms with van der Waals surface area (Å²) in [6.45, 7) is 10.4. The molecular formula is C25H35N3OS. The van der Waals surface area contributed by atoms with Crippen LogP contribution < -0.4 is 10.6 Å². The topological polar surface area (TPSA) is 46.2 Å². The molecule has 0 fully saturated rings. The summed E-state index contributed by atoms with van der Waals surface area (Å²) in [6, 6.07) is 15.5. The number of fused-ring (bicyclic) bond motifs is 1. The second-order valence-electron chi connectivity index (χ2n) is 8.37. The summed E-state index contributed by atoms with van der Waals surface area (Å²) in [6.07, 6.45) is 3.03. The minimum absolute atomic E-state index is 0.0838. The molecule has 162 valence electrons. The second-order valence-corrected chi connectivity index (χ2v) is 9.41. The molecule has 2 atom stereocenters. The molecule has 0 spiro atoms. The highest BCUT2D eigenvalue weighted by molar-refractivity contribution is 7.21. The van der Waals surface area contributed by atoms with E-state index in [1.165, 1.54) is 15.8 Å². The fourth-order valence-corrected chi connectivity index (χ4v) is 4.40. The molecule has 4 nitrogen and oxygen atoms in total. The molecule has 2 unspecified atom stereocenters. The van der Waals surface area contributed by atoms with Crippen LogP contribution in [-0.2, 0) is 4.74 Å². The number of anilines is 1. The summed E-state index contributed by atoms with van der Waals surface area (Å²) in [5.74, 6) is 0. The van der Waals surface area contributed by atoms with Crippen molar-refractivity contribution in [2.75, 3.05) is 25.5 Å². The number of hydrogen-bond acceptors (Lipinski definition) is 5. The van der Waals surface area contributed by atoms with Crippen molar-refractivity contribution in [1.82, 2.24) is 10.3 Å². The van der Waals surface area contributed by atoms with E-state index in [4.69, 9.17) is 9.72 Å². The van der Waals surface area contributed by atoms with Gasteiger partial charge in [0.15, 0.2) is 0 Å². The van der Waals surface area contributed by atoms with Crippen LogP contribution in [0, 0.1) is 6.92 Å². The van der Waals surface area contributed by atoms with Crippen LogP contribution in [0.3, 0.4) is 0 Å². The summed E-state index contributed by atoms with van der Waals surface area (Å²) in [4.78, 5) is 4.78. The van der Waals surface area contributed by atoms with Gasteiger partial charge in [0, 0.05) is 30.4 Å². The van der Waals surface area contributed by atoms with Crippen molar-refractivity contribution in [3.8, 4) is 10.6 Å². The van der Waals surface area contributed by atoms with Crippen molar-refractivity contribution < 1.29 is 4.74 Å². The number of nitrogens with one attached hydrogen (secondary N) is 2. The van der Waals surface area contributed by atoms with Gasteiger partial charge in [0.2, 0.25) is 0 Å². The Labute approximate surface area is 185 Å². The third-order valence-corrected chi connectivity index (χ3v) is 6.97. The Kier molecular flexibility index (Phi) is 7.87. The smallest absolute Gasteiger partial charge is 0.124 e. The first kappa shape index (κ1) is 22.7. The van der Waals surface area contributed by atoms with Gasteiger partial charge in [0.05, 0.1) is 15.8 Å². The van der Waals surface area contributed by atoms with E-state index in [2.05, 4.69) is 80.8 Å². The van der Waals surface area contributed by atoms with Gasteiger partial charge in [-0.3, -0.25) is 0 Å². The molecule has 0 aliphatic carbocycles. The highest BCUT2D eigenvalue weighted by Crippen LogP contribution is 2.31. The van der Waals surface area contributed by atoms with E-state index in [-0.39, 0.29) is 5.60 Å². The third kappa shape index (κ3) is 6.03. The minimum atomic E-state index is -0.0838. The van der Waals surface area contributed by atoms with Crippen LogP contribution in [0.15, 0.2) is 42.5 Å². The van der Waals surface area contributed by atoms with Crippen LogP contribution in [0.2, 0.25) is 0 Å². The lowest BCUT2D eigenvalue weighted by Crippen LogP contribution is -2.33. The molecule has 0 aliphatic rings. The van der Waals surface area contributed by atoms with Gasteiger partial charge in [-0.1, -0.05) is 13.0 Å². The van der Waals surface area contributed by atoms with Crippen molar-refractivity contribution in [1.29, 1.82) is 0 Å². The molecule has 2 N–H and O–H groups in total. The van der Waals surface area contributed by atoms with E-state index in [1.54, 1.807) is 11.3 Å². The summed E-state index contributed by atoms with van der Waals surface area (Å²) in [5.41, 5.74) is 4.57. The number of nitrogens with zero attached hydrogens (tertiary/aromatic N) is 1. The number of thiazole rings is 1. The van der Waals surface area contributed by atoms with Gasteiger partial charge in [0.1, 0.15) is 5.01 Å². The molecule has 0 saturated heterocycles. The Morgan fingerprint density at radius 2 is 1.93 bits per heavy atom. The van der Waals surface area contributed by atoms with Gasteiger partial charge in [-0.25, -0.2) is 4.98 Å². The number of aromatic nitrogens is 1.